The van der Waals surface area contributed by atoms with Gasteiger partial charge >= 0.3 is 0 Å². The SMILES string of the molecule is CNC(CCCC(C)C)c1ccc(OC)nn1. The van der Waals surface area contributed by atoms with Crippen molar-refractivity contribution in [2.45, 2.75) is 39.2 Å². The molecule has 0 aliphatic heterocycles. The van der Waals surface area contributed by atoms with Crippen molar-refractivity contribution in [1.29, 1.82) is 0 Å². The van der Waals surface area contributed by atoms with Gasteiger partial charge in [-0.3, -0.25) is 0 Å². The molecule has 0 amide bonds. The van der Waals surface area contributed by atoms with Gasteiger partial charge in [-0.1, -0.05) is 26.7 Å². The Morgan fingerprint density at radius 3 is 2.47 bits per heavy atom. The quantitative estimate of drug-likeness (QED) is 0.791. The number of nitrogens with zero attached hydrogens (tertiary/aromatic N) is 2. The second kappa shape index (κ2) is 7.22. The summed E-state index contributed by atoms with van der Waals surface area (Å²) in [6.07, 6.45) is 3.55. The average molecular weight is 237 g/mol. The first-order valence-corrected chi connectivity index (χ1v) is 6.22. The number of hydrogen-bond donors (Lipinski definition) is 1. The molecule has 1 aromatic heterocycles. The van der Waals surface area contributed by atoms with E-state index in [4.69, 9.17) is 4.74 Å². The third kappa shape index (κ3) is 4.69. The highest BCUT2D eigenvalue weighted by molar-refractivity contribution is 5.13. The Morgan fingerprint density at radius 2 is 2.00 bits per heavy atom. The summed E-state index contributed by atoms with van der Waals surface area (Å²) >= 11 is 0. The molecule has 17 heavy (non-hydrogen) atoms. The van der Waals surface area contributed by atoms with Crippen molar-refractivity contribution in [3.63, 3.8) is 0 Å². The van der Waals surface area contributed by atoms with Gasteiger partial charge in [-0.05, 0) is 25.5 Å². The van der Waals surface area contributed by atoms with Crippen LogP contribution in [0, 0.1) is 5.92 Å². The number of hydrogen-bond acceptors (Lipinski definition) is 4. The van der Waals surface area contributed by atoms with Crippen molar-refractivity contribution < 1.29 is 4.74 Å². The standard InChI is InChI=1S/C13H23N3O/c1-10(2)6-5-7-11(14-3)12-8-9-13(17-4)16-15-12/h8-11,14H,5-7H2,1-4H3. The summed E-state index contributed by atoms with van der Waals surface area (Å²) in [5.74, 6) is 1.32. The van der Waals surface area contributed by atoms with Crippen molar-refractivity contribution in [3.8, 4) is 5.88 Å². The largest absolute Gasteiger partial charge is 0.480 e. The van der Waals surface area contributed by atoms with E-state index in [-0.39, 0.29) is 6.04 Å². The predicted octanol–water partition coefficient (Wildman–Crippen LogP) is 2.57. The molecule has 1 atom stereocenters. The first-order chi connectivity index (χ1) is 8.17. The third-order valence-electron chi connectivity index (χ3n) is 2.85. The zero-order chi connectivity index (χ0) is 12.7. The van der Waals surface area contributed by atoms with E-state index in [9.17, 15) is 0 Å². The summed E-state index contributed by atoms with van der Waals surface area (Å²) < 4.78 is 5.00. The van der Waals surface area contributed by atoms with Crippen LogP contribution in [0.3, 0.4) is 0 Å². The second-order valence-electron chi connectivity index (χ2n) is 4.67. The summed E-state index contributed by atoms with van der Waals surface area (Å²) in [5.41, 5.74) is 0.983. The highest BCUT2D eigenvalue weighted by Crippen LogP contribution is 2.19. The van der Waals surface area contributed by atoms with Crippen molar-refractivity contribution >= 4 is 0 Å². The molecule has 4 heteroatoms. The third-order valence-corrected chi connectivity index (χ3v) is 2.85. The highest BCUT2D eigenvalue weighted by Gasteiger charge is 2.11. The van der Waals surface area contributed by atoms with Gasteiger partial charge in [-0.2, -0.15) is 5.10 Å². The van der Waals surface area contributed by atoms with E-state index in [2.05, 4.69) is 29.4 Å². The Balaban J connectivity index is 2.53. The fraction of sp³-hybridized carbons (Fsp3) is 0.692. The van der Waals surface area contributed by atoms with Gasteiger partial charge in [-0.15, -0.1) is 5.10 Å². The second-order valence-corrected chi connectivity index (χ2v) is 4.67. The van der Waals surface area contributed by atoms with Crippen LogP contribution in [-0.4, -0.2) is 24.4 Å². The van der Waals surface area contributed by atoms with E-state index in [0.29, 0.717) is 5.88 Å². The van der Waals surface area contributed by atoms with Crippen LogP contribution in [0.15, 0.2) is 12.1 Å². The molecule has 0 bridgehead atoms. The number of rotatable bonds is 7. The molecule has 1 rings (SSSR count). The minimum atomic E-state index is 0.284. The van der Waals surface area contributed by atoms with Gasteiger partial charge in [0.2, 0.25) is 5.88 Å². The summed E-state index contributed by atoms with van der Waals surface area (Å²) in [6.45, 7) is 4.50. The van der Waals surface area contributed by atoms with Gasteiger partial charge in [0, 0.05) is 6.07 Å². The Bertz CT molecular complexity index is 311. The molecular formula is C13H23N3O. The lowest BCUT2D eigenvalue weighted by Crippen LogP contribution is -2.18. The first kappa shape index (κ1) is 13.9. The number of aromatic nitrogens is 2. The van der Waals surface area contributed by atoms with E-state index < -0.39 is 0 Å². The van der Waals surface area contributed by atoms with Gasteiger partial charge in [0.05, 0.1) is 18.8 Å². The van der Waals surface area contributed by atoms with Gasteiger partial charge in [0.25, 0.3) is 0 Å². The van der Waals surface area contributed by atoms with Crippen molar-refractivity contribution in [1.82, 2.24) is 15.5 Å². The molecule has 1 aromatic rings. The lowest BCUT2D eigenvalue weighted by atomic mass is 10.0. The number of nitrogens with one attached hydrogen (secondary N) is 1. The first-order valence-electron chi connectivity index (χ1n) is 6.22. The normalized spacial score (nSPS) is 12.8. The topological polar surface area (TPSA) is 47.0 Å². The minimum absolute atomic E-state index is 0.284. The summed E-state index contributed by atoms with van der Waals surface area (Å²) in [7, 11) is 3.56. The molecule has 0 fully saturated rings. The zero-order valence-electron chi connectivity index (χ0n) is 11.2. The molecule has 1 heterocycles. The fourth-order valence-electron chi connectivity index (χ4n) is 1.80. The Hall–Kier alpha value is -1.16. The van der Waals surface area contributed by atoms with Crippen LogP contribution in [0.1, 0.15) is 44.8 Å². The maximum Gasteiger partial charge on any atom is 0.233 e. The lowest BCUT2D eigenvalue weighted by molar-refractivity contribution is 0.388. The van der Waals surface area contributed by atoms with E-state index in [1.807, 2.05) is 19.2 Å². The average Bonchev–Trinajstić information content (AvgIpc) is 2.34. The molecule has 96 valence electrons. The molecule has 0 saturated heterocycles. The molecule has 0 aliphatic carbocycles. The predicted molar refractivity (Wildman–Crippen MR) is 69.1 cm³/mol. The van der Waals surface area contributed by atoms with Crippen LogP contribution >= 0.6 is 0 Å². The summed E-state index contributed by atoms with van der Waals surface area (Å²) in [5, 5.41) is 11.5. The van der Waals surface area contributed by atoms with E-state index in [0.717, 1.165) is 18.0 Å². The maximum atomic E-state index is 5.00. The molecule has 0 aromatic carbocycles. The lowest BCUT2D eigenvalue weighted by Gasteiger charge is -2.15. The van der Waals surface area contributed by atoms with Crippen LogP contribution in [0.2, 0.25) is 0 Å². The number of methoxy groups -OCH3 is 1. The molecule has 1 N–H and O–H groups in total. The fourth-order valence-corrected chi connectivity index (χ4v) is 1.80. The van der Waals surface area contributed by atoms with E-state index in [1.165, 1.54) is 12.8 Å². The van der Waals surface area contributed by atoms with Crippen LogP contribution in [0.5, 0.6) is 5.88 Å². The molecule has 0 aliphatic rings. The summed E-state index contributed by atoms with van der Waals surface area (Å²) in [6, 6.07) is 4.12. The molecule has 1 unspecified atom stereocenters. The molecule has 4 nitrogen and oxygen atoms in total. The van der Waals surface area contributed by atoms with Gasteiger partial charge < -0.3 is 10.1 Å². The Kier molecular flexibility index (Phi) is 5.91. The van der Waals surface area contributed by atoms with Gasteiger partial charge in [-0.25, -0.2) is 0 Å². The Morgan fingerprint density at radius 1 is 1.24 bits per heavy atom. The monoisotopic (exact) mass is 237 g/mol. The van der Waals surface area contributed by atoms with Crippen LogP contribution in [0.4, 0.5) is 0 Å². The zero-order valence-corrected chi connectivity index (χ0v) is 11.2. The smallest absolute Gasteiger partial charge is 0.233 e. The highest BCUT2D eigenvalue weighted by atomic mass is 16.5. The molecule has 0 spiro atoms. The molecule has 0 radical (unpaired) electrons. The van der Waals surface area contributed by atoms with Crippen LogP contribution in [-0.2, 0) is 0 Å². The summed E-state index contributed by atoms with van der Waals surface area (Å²) in [4.78, 5) is 0. The van der Waals surface area contributed by atoms with Crippen molar-refractivity contribution in [2.24, 2.45) is 5.92 Å². The van der Waals surface area contributed by atoms with Crippen LogP contribution < -0.4 is 10.1 Å². The van der Waals surface area contributed by atoms with Gasteiger partial charge in [0.15, 0.2) is 0 Å². The maximum absolute atomic E-state index is 5.00. The van der Waals surface area contributed by atoms with E-state index in [1.54, 1.807) is 7.11 Å². The molecule has 0 saturated carbocycles. The minimum Gasteiger partial charge on any atom is -0.480 e. The number of ether oxygens (including phenoxy) is 1. The van der Waals surface area contributed by atoms with Crippen LogP contribution in [0.25, 0.3) is 0 Å². The molecular weight excluding hydrogens is 214 g/mol. The Labute approximate surface area is 104 Å². The van der Waals surface area contributed by atoms with Crippen molar-refractivity contribution in [2.75, 3.05) is 14.2 Å². The van der Waals surface area contributed by atoms with Gasteiger partial charge in [0.1, 0.15) is 0 Å². The van der Waals surface area contributed by atoms with Crippen molar-refractivity contribution in [3.05, 3.63) is 17.8 Å². The van der Waals surface area contributed by atoms with E-state index >= 15 is 0 Å².